The quantitative estimate of drug-likeness (QED) is 0.581. The zero-order chi connectivity index (χ0) is 9.40. The summed E-state index contributed by atoms with van der Waals surface area (Å²) < 4.78 is 0. The first-order chi connectivity index (χ1) is 5.70. The normalized spacial score (nSPS) is 11.5. The second kappa shape index (κ2) is 7.56. The molecule has 0 saturated carbocycles. The van der Waals surface area contributed by atoms with E-state index in [0.29, 0.717) is 12.3 Å². The van der Waals surface area contributed by atoms with Crippen LogP contribution in [0.5, 0.6) is 0 Å². The van der Waals surface area contributed by atoms with E-state index in [1.807, 2.05) is 0 Å². The molecule has 0 radical (unpaired) electrons. The molecule has 2 heteroatoms. The van der Waals surface area contributed by atoms with Gasteiger partial charge in [0, 0.05) is 0 Å². The fourth-order valence-electron chi connectivity index (χ4n) is 1.63. The Morgan fingerprint density at radius 1 is 0.833 bits per heavy atom. The van der Waals surface area contributed by atoms with Crippen molar-refractivity contribution in [2.75, 3.05) is 0 Å². The van der Waals surface area contributed by atoms with Crippen molar-refractivity contribution in [3.8, 4) is 0 Å². The van der Waals surface area contributed by atoms with Crippen molar-refractivity contribution in [3.63, 3.8) is 0 Å². The highest BCUT2D eigenvalue weighted by Gasteiger charge is 2.08. The molecule has 0 aliphatic heterocycles. The van der Waals surface area contributed by atoms with Crippen molar-refractivity contribution in [3.05, 3.63) is 0 Å². The second-order valence-electron chi connectivity index (χ2n) is 3.50. The maximum Gasteiger partial charge on any atom is 0.151 e. The molecule has 0 amide bonds. The lowest BCUT2D eigenvalue weighted by Crippen LogP contribution is -2.08. The zero-order valence-electron chi connectivity index (χ0n) is 8.29. The van der Waals surface area contributed by atoms with Crippen molar-refractivity contribution >= 4 is 0 Å². The van der Waals surface area contributed by atoms with Crippen LogP contribution in [0.4, 0.5) is 0 Å². The Labute approximate surface area is 75.6 Å². The maximum absolute atomic E-state index is 8.69. The van der Waals surface area contributed by atoms with Gasteiger partial charge in [0.25, 0.3) is 0 Å². The second-order valence-corrected chi connectivity index (χ2v) is 3.50. The van der Waals surface area contributed by atoms with Crippen LogP contribution >= 0.6 is 0 Å². The Bertz CT molecular complexity index is 85.8. The highest BCUT2D eigenvalue weighted by Crippen LogP contribution is 2.19. The molecule has 0 aromatic rings. The molecular formula is C10H22O2. The fraction of sp³-hybridized carbons (Fsp3) is 1.00. The molecule has 0 unspecified atom stereocenters. The van der Waals surface area contributed by atoms with Crippen molar-refractivity contribution in [2.45, 2.75) is 58.7 Å². The molecule has 0 aliphatic rings. The Morgan fingerprint density at radius 3 is 1.67 bits per heavy atom. The Kier molecular flexibility index (Phi) is 7.51. The summed E-state index contributed by atoms with van der Waals surface area (Å²) in [5.41, 5.74) is 0. The first-order valence-corrected chi connectivity index (χ1v) is 5.06. The number of aliphatic hydroxyl groups excluding tert-OH is 1. The Morgan fingerprint density at radius 2 is 1.33 bits per heavy atom. The third-order valence-electron chi connectivity index (χ3n) is 2.23. The van der Waals surface area contributed by atoms with E-state index in [4.69, 9.17) is 10.2 Å². The molecule has 0 rings (SSSR count). The van der Waals surface area contributed by atoms with Crippen LogP contribution in [0.3, 0.4) is 0 Å². The van der Waals surface area contributed by atoms with Gasteiger partial charge in [0.15, 0.2) is 6.29 Å². The smallest absolute Gasteiger partial charge is 0.151 e. The van der Waals surface area contributed by atoms with Gasteiger partial charge in [0.1, 0.15) is 0 Å². The van der Waals surface area contributed by atoms with Crippen LogP contribution in [0.25, 0.3) is 0 Å². The molecule has 0 atom stereocenters. The van der Waals surface area contributed by atoms with E-state index in [1.54, 1.807) is 0 Å². The minimum atomic E-state index is -1.11. The molecule has 0 saturated heterocycles. The summed E-state index contributed by atoms with van der Waals surface area (Å²) in [7, 11) is 0. The molecular weight excluding hydrogens is 152 g/mol. The van der Waals surface area contributed by atoms with Gasteiger partial charge in [0.05, 0.1) is 0 Å². The van der Waals surface area contributed by atoms with Gasteiger partial charge in [-0.05, 0) is 18.8 Å². The van der Waals surface area contributed by atoms with Crippen LogP contribution in [-0.4, -0.2) is 16.5 Å². The summed E-state index contributed by atoms with van der Waals surface area (Å²) in [4.78, 5) is 0. The summed E-state index contributed by atoms with van der Waals surface area (Å²) in [6.07, 6.45) is 5.23. The number of hydrogen-bond donors (Lipinski definition) is 2. The minimum Gasteiger partial charge on any atom is -0.368 e. The lowest BCUT2D eigenvalue weighted by atomic mass is 9.93. The predicted molar refractivity (Wildman–Crippen MR) is 50.8 cm³/mol. The topological polar surface area (TPSA) is 40.5 Å². The van der Waals surface area contributed by atoms with E-state index >= 15 is 0 Å². The predicted octanol–water partition coefficient (Wildman–Crippen LogP) is 2.29. The van der Waals surface area contributed by atoms with Crippen LogP contribution in [-0.2, 0) is 0 Å². The molecule has 12 heavy (non-hydrogen) atoms. The zero-order valence-corrected chi connectivity index (χ0v) is 8.29. The summed E-state index contributed by atoms with van der Waals surface area (Å²) >= 11 is 0. The molecule has 2 nitrogen and oxygen atoms in total. The first-order valence-electron chi connectivity index (χ1n) is 5.06. The van der Waals surface area contributed by atoms with E-state index in [2.05, 4.69) is 13.8 Å². The van der Waals surface area contributed by atoms with Crippen LogP contribution in [0.2, 0.25) is 0 Å². The minimum absolute atomic E-state index is 0.532. The molecule has 0 bridgehead atoms. The van der Waals surface area contributed by atoms with Crippen molar-refractivity contribution in [1.82, 2.24) is 0 Å². The highest BCUT2D eigenvalue weighted by atomic mass is 16.5. The van der Waals surface area contributed by atoms with Gasteiger partial charge in [-0.15, -0.1) is 0 Å². The molecule has 0 fully saturated rings. The molecule has 0 aromatic heterocycles. The van der Waals surface area contributed by atoms with E-state index in [1.165, 1.54) is 25.7 Å². The Hall–Kier alpha value is -0.0800. The SMILES string of the molecule is CCCC(CCC)CCC(O)O. The van der Waals surface area contributed by atoms with Crippen LogP contribution < -0.4 is 0 Å². The van der Waals surface area contributed by atoms with Gasteiger partial charge in [-0.25, -0.2) is 0 Å². The van der Waals surface area contributed by atoms with E-state index in [-0.39, 0.29) is 0 Å². The maximum atomic E-state index is 8.69. The van der Waals surface area contributed by atoms with E-state index in [9.17, 15) is 0 Å². The lowest BCUT2D eigenvalue weighted by Gasteiger charge is -2.15. The van der Waals surface area contributed by atoms with E-state index in [0.717, 1.165) is 6.42 Å². The summed E-state index contributed by atoms with van der Waals surface area (Å²) in [6.45, 7) is 4.36. The van der Waals surface area contributed by atoms with Gasteiger partial charge < -0.3 is 10.2 Å². The van der Waals surface area contributed by atoms with Crippen LogP contribution in [0, 0.1) is 5.92 Å². The van der Waals surface area contributed by atoms with Crippen molar-refractivity contribution in [1.29, 1.82) is 0 Å². The van der Waals surface area contributed by atoms with Crippen LogP contribution in [0.15, 0.2) is 0 Å². The lowest BCUT2D eigenvalue weighted by molar-refractivity contribution is -0.0492. The van der Waals surface area contributed by atoms with Crippen molar-refractivity contribution in [2.24, 2.45) is 5.92 Å². The van der Waals surface area contributed by atoms with Gasteiger partial charge in [-0.3, -0.25) is 0 Å². The molecule has 2 N–H and O–H groups in total. The third kappa shape index (κ3) is 6.62. The van der Waals surface area contributed by atoms with Crippen molar-refractivity contribution < 1.29 is 10.2 Å². The number of rotatable bonds is 7. The van der Waals surface area contributed by atoms with Gasteiger partial charge in [-0.2, -0.15) is 0 Å². The third-order valence-corrected chi connectivity index (χ3v) is 2.23. The molecule has 74 valence electrons. The molecule has 0 spiro atoms. The van der Waals surface area contributed by atoms with Gasteiger partial charge in [-0.1, -0.05) is 39.5 Å². The number of aliphatic hydroxyl groups is 2. The first kappa shape index (κ1) is 11.9. The van der Waals surface area contributed by atoms with Gasteiger partial charge >= 0.3 is 0 Å². The average molecular weight is 174 g/mol. The fourth-order valence-corrected chi connectivity index (χ4v) is 1.63. The summed E-state index contributed by atoms with van der Waals surface area (Å²) in [5, 5.41) is 17.4. The highest BCUT2D eigenvalue weighted by molar-refractivity contribution is 4.58. The van der Waals surface area contributed by atoms with Crippen LogP contribution in [0.1, 0.15) is 52.4 Å². The summed E-state index contributed by atoms with van der Waals surface area (Å²) in [6, 6.07) is 0. The summed E-state index contributed by atoms with van der Waals surface area (Å²) in [5.74, 6) is 0.696. The van der Waals surface area contributed by atoms with E-state index < -0.39 is 6.29 Å². The molecule has 0 heterocycles. The molecule has 0 aliphatic carbocycles. The standard InChI is InChI=1S/C10H22O2/c1-3-5-9(6-4-2)7-8-10(11)12/h9-12H,3-8H2,1-2H3. The van der Waals surface area contributed by atoms with Gasteiger partial charge in [0.2, 0.25) is 0 Å². The number of hydrogen-bond acceptors (Lipinski definition) is 2. The largest absolute Gasteiger partial charge is 0.368 e. The average Bonchev–Trinajstić information content (AvgIpc) is 2.01. The molecule has 0 aromatic carbocycles. The monoisotopic (exact) mass is 174 g/mol. The Balaban J connectivity index is 3.48.